The zero-order valence-corrected chi connectivity index (χ0v) is 7.64. The van der Waals surface area contributed by atoms with Gasteiger partial charge in [-0.15, -0.1) is 0 Å². The van der Waals surface area contributed by atoms with E-state index in [1.807, 2.05) is 0 Å². The first-order valence-electron chi connectivity index (χ1n) is 4.10. The van der Waals surface area contributed by atoms with Gasteiger partial charge in [0, 0.05) is 12.5 Å². The maximum absolute atomic E-state index is 12.8. The summed E-state index contributed by atoms with van der Waals surface area (Å²) in [4.78, 5) is 10.5. The number of hydrogen-bond acceptors (Lipinski definition) is 2. The fraction of sp³-hybridized carbons (Fsp3) is 0.222. The first-order valence-corrected chi connectivity index (χ1v) is 4.10. The second-order valence-electron chi connectivity index (χ2n) is 3.08. The molecule has 15 heavy (non-hydrogen) atoms. The summed E-state index contributed by atoms with van der Waals surface area (Å²) >= 11 is 0. The third-order valence-corrected chi connectivity index (χ3v) is 1.86. The van der Waals surface area contributed by atoms with Gasteiger partial charge in [0.2, 0.25) is 5.91 Å². The Morgan fingerprint density at radius 2 is 1.73 bits per heavy atom. The number of primary amides is 1. The van der Waals surface area contributed by atoms with Gasteiger partial charge in [-0.3, -0.25) is 4.79 Å². The summed E-state index contributed by atoms with van der Waals surface area (Å²) in [6.45, 7) is 0. The average molecular weight is 218 g/mol. The van der Waals surface area contributed by atoms with Crippen LogP contribution in [0.15, 0.2) is 12.1 Å². The van der Waals surface area contributed by atoms with E-state index in [0.717, 1.165) is 12.1 Å². The van der Waals surface area contributed by atoms with Gasteiger partial charge >= 0.3 is 0 Å². The van der Waals surface area contributed by atoms with E-state index in [9.17, 15) is 18.0 Å². The van der Waals surface area contributed by atoms with Crippen molar-refractivity contribution in [2.75, 3.05) is 0 Å². The zero-order chi connectivity index (χ0) is 11.6. The van der Waals surface area contributed by atoms with E-state index in [2.05, 4.69) is 0 Å². The Bertz CT molecular complexity index is 372. The fourth-order valence-electron chi connectivity index (χ4n) is 1.12. The highest BCUT2D eigenvalue weighted by Crippen LogP contribution is 2.19. The average Bonchev–Trinajstić information content (AvgIpc) is 2.12. The molecule has 1 aromatic rings. The topological polar surface area (TPSA) is 69.1 Å². The van der Waals surface area contributed by atoms with Crippen molar-refractivity contribution in [1.29, 1.82) is 0 Å². The van der Waals surface area contributed by atoms with E-state index in [1.165, 1.54) is 0 Å². The van der Waals surface area contributed by atoms with Crippen LogP contribution in [0.1, 0.15) is 18.0 Å². The summed E-state index contributed by atoms with van der Waals surface area (Å²) in [5, 5.41) is 0. The number of benzene rings is 1. The minimum Gasteiger partial charge on any atom is -0.370 e. The standard InChI is InChI=1S/C9H9F3N2O/c10-5-1-4(2-6(11)9(5)12)7(13)3-8(14)15/h1-2,7H,3,13H2,(H2,14,15)/t7-/m0/s1. The Kier molecular flexibility index (Phi) is 3.31. The summed E-state index contributed by atoms with van der Waals surface area (Å²) in [6, 6.07) is 0.546. The van der Waals surface area contributed by atoms with E-state index in [-0.39, 0.29) is 12.0 Å². The SMILES string of the molecule is NC(=O)C[C@H](N)c1cc(F)c(F)c(F)c1. The van der Waals surface area contributed by atoms with Crippen LogP contribution in [0.3, 0.4) is 0 Å². The lowest BCUT2D eigenvalue weighted by atomic mass is 10.0. The molecule has 1 aromatic carbocycles. The van der Waals surface area contributed by atoms with Crippen LogP contribution in [-0.4, -0.2) is 5.91 Å². The Balaban J connectivity index is 3.00. The van der Waals surface area contributed by atoms with Crippen LogP contribution in [0.5, 0.6) is 0 Å². The molecule has 0 aliphatic rings. The van der Waals surface area contributed by atoms with Crippen LogP contribution in [0.4, 0.5) is 13.2 Å². The minimum atomic E-state index is -1.56. The third kappa shape index (κ3) is 2.69. The first kappa shape index (κ1) is 11.5. The van der Waals surface area contributed by atoms with Gasteiger partial charge in [0.15, 0.2) is 17.5 Å². The Morgan fingerprint density at radius 3 is 2.13 bits per heavy atom. The quantitative estimate of drug-likeness (QED) is 0.742. The van der Waals surface area contributed by atoms with Gasteiger partial charge in [0.25, 0.3) is 0 Å². The maximum atomic E-state index is 12.8. The number of carbonyl (C=O) groups is 1. The molecule has 0 unspecified atom stereocenters. The molecule has 0 aromatic heterocycles. The molecule has 1 atom stereocenters. The molecule has 3 nitrogen and oxygen atoms in total. The Morgan fingerprint density at radius 1 is 1.27 bits per heavy atom. The summed E-state index contributed by atoms with van der Waals surface area (Å²) in [5.74, 6) is -4.95. The predicted octanol–water partition coefficient (Wildman–Crippen LogP) is 0.979. The minimum absolute atomic E-state index is 0.00907. The lowest BCUT2D eigenvalue weighted by Crippen LogP contribution is -2.21. The van der Waals surface area contributed by atoms with Crippen molar-refractivity contribution in [1.82, 2.24) is 0 Å². The lowest BCUT2D eigenvalue weighted by Gasteiger charge is -2.10. The molecular weight excluding hydrogens is 209 g/mol. The van der Waals surface area contributed by atoms with Gasteiger partial charge in [0.05, 0.1) is 0 Å². The number of amides is 1. The highest BCUT2D eigenvalue weighted by molar-refractivity contribution is 5.74. The number of halogens is 3. The molecule has 0 aliphatic carbocycles. The smallest absolute Gasteiger partial charge is 0.219 e. The molecule has 1 amide bonds. The van der Waals surface area contributed by atoms with E-state index < -0.39 is 29.4 Å². The number of hydrogen-bond donors (Lipinski definition) is 2. The zero-order valence-electron chi connectivity index (χ0n) is 7.64. The summed E-state index contributed by atoms with van der Waals surface area (Å²) in [6.07, 6.45) is -0.259. The monoisotopic (exact) mass is 218 g/mol. The Labute approximate surface area is 83.9 Å². The Hall–Kier alpha value is -1.56. The van der Waals surface area contributed by atoms with Crippen LogP contribution in [-0.2, 0) is 4.79 Å². The molecule has 0 bridgehead atoms. The van der Waals surface area contributed by atoms with Gasteiger partial charge in [-0.1, -0.05) is 0 Å². The number of carbonyl (C=O) groups excluding carboxylic acids is 1. The number of rotatable bonds is 3. The maximum Gasteiger partial charge on any atom is 0.219 e. The van der Waals surface area contributed by atoms with Crippen molar-refractivity contribution in [3.8, 4) is 0 Å². The van der Waals surface area contributed by atoms with E-state index in [4.69, 9.17) is 11.5 Å². The van der Waals surface area contributed by atoms with Crippen molar-refractivity contribution in [3.05, 3.63) is 35.1 Å². The van der Waals surface area contributed by atoms with E-state index in [0.29, 0.717) is 0 Å². The molecule has 1 rings (SSSR count). The summed E-state index contributed by atoms with van der Waals surface area (Å²) in [7, 11) is 0. The van der Waals surface area contributed by atoms with E-state index in [1.54, 1.807) is 0 Å². The van der Waals surface area contributed by atoms with Crippen molar-refractivity contribution in [2.24, 2.45) is 11.5 Å². The lowest BCUT2D eigenvalue weighted by molar-refractivity contribution is -0.118. The van der Waals surface area contributed by atoms with Crippen LogP contribution < -0.4 is 11.5 Å². The van der Waals surface area contributed by atoms with Crippen molar-refractivity contribution in [2.45, 2.75) is 12.5 Å². The second-order valence-corrected chi connectivity index (χ2v) is 3.08. The molecule has 0 saturated heterocycles. The van der Waals surface area contributed by atoms with Gasteiger partial charge in [-0.25, -0.2) is 13.2 Å². The highest BCUT2D eigenvalue weighted by atomic mass is 19.2. The molecule has 0 spiro atoms. The van der Waals surface area contributed by atoms with Crippen molar-refractivity contribution < 1.29 is 18.0 Å². The van der Waals surface area contributed by atoms with Gasteiger partial charge in [-0.05, 0) is 17.7 Å². The molecule has 82 valence electrons. The molecule has 4 N–H and O–H groups in total. The summed E-state index contributed by atoms with van der Waals surface area (Å²) in [5.41, 5.74) is 10.3. The third-order valence-electron chi connectivity index (χ3n) is 1.86. The second kappa shape index (κ2) is 4.31. The molecule has 6 heteroatoms. The molecule has 0 heterocycles. The van der Waals surface area contributed by atoms with E-state index >= 15 is 0 Å². The van der Waals surface area contributed by atoms with Crippen LogP contribution in [0.25, 0.3) is 0 Å². The van der Waals surface area contributed by atoms with Crippen LogP contribution >= 0.6 is 0 Å². The van der Waals surface area contributed by atoms with Crippen molar-refractivity contribution in [3.63, 3.8) is 0 Å². The summed E-state index contributed by atoms with van der Waals surface area (Å²) < 4.78 is 38.1. The molecule has 0 saturated carbocycles. The van der Waals surface area contributed by atoms with Gasteiger partial charge in [0.1, 0.15) is 0 Å². The largest absolute Gasteiger partial charge is 0.370 e. The normalized spacial score (nSPS) is 12.5. The predicted molar refractivity (Wildman–Crippen MR) is 47.1 cm³/mol. The van der Waals surface area contributed by atoms with Crippen molar-refractivity contribution >= 4 is 5.91 Å². The molecule has 0 fully saturated rings. The van der Waals surface area contributed by atoms with Gasteiger partial charge in [-0.2, -0.15) is 0 Å². The highest BCUT2D eigenvalue weighted by Gasteiger charge is 2.15. The van der Waals surface area contributed by atoms with Crippen LogP contribution in [0, 0.1) is 17.5 Å². The fourth-order valence-corrected chi connectivity index (χ4v) is 1.12. The number of nitrogens with two attached hydrogens (primary N) is 2. The van der Waals surface area contributed by atoms with Crippen LogP contribution in [0.2, 0.25) is 0 Å². The molecule has 0 aliphatic heterocycles. The molecule has 0 radical (unpaired) electrons. The molecular formula is C9H9F3N2O. The first-order chi connectivity index (χ1) is 6.91. The van der Waals surface area contributed by atoms with Gasteiger partial charge < -0.3 is 11.5 Å².